The summed E-state index contributed by atoms with van der Waals surface area (Å²) in [7, 11) is 0. The number of halogens is 1. The lowest BCUT2D eigenvalue weighted by molar-refractivity contribution is -0.926. The molecule has 0 spiro atoms. The Morgan fingerprint density at radius 2 is 1.96 bits per heavy atom. The van der Waals surface area contributed by atoms with Crippen LogP contribution in [0.25, 0.3) is 10.2 Å². The number of hydrogen-bond acceptors (Lipinski definition) is 4. The molecule has 0 fully saturated rings. The lowest BCUT2D eigenvalue weighted by Crippen LogP contribution is -3.12. The number of nitrogens with one attached hydrogen (secondary N) is 2. The lowest BCUT2D eigenvalue weighted by atomic mass is 10.0. The Kier molecular flexibility index (Phi) is 5.85. The Balaban J connectivity index is 1.69. The molecule has 2 aromatic heterocycles. The molecule has 148 valence electrons. The van der Waals surface area contributed by atoms with Gasteiger partial charge in [-0.3, -0.25) is 0 Å². The molecular weight excluding hydrogens is 388 g/mol. The van der Waals surface area contributed by atoms with Gasteiger partial charge in [0, 0.05) is 15.5 Å². The molecule has 4 nitrogen and oxygen atoms in total. The van der Waals surface area contributed by atoms with Crippen LogP contribution in [0.4, 0.5) is 5.82 Å². The highest BCUT2D eigenvalue weighted by Crippen LogP contribution is 2.39. The molecule has 1 atom stereocenters. The van der Waals surface area contributed by atoms with Crippen molar-refractivity contribution in [3.05, 3.63) is 51.1 Å². The monoisotopic (exact) mass is 415 g/mol. The van der Waals surface area contributed by atoms with E-state index < -0.39 is 0 Å². The molecule has 0 saturated carbocycles. The minimum absolute atomic E-state index is 0.278. The van der Waals surface area contributed by atoms with Crippen molar-refractivity contribution >= 4 is 39.0 Å². The number of quaternary nitrogens is 1. The minimum Gasteiger partial charge on any atom is -0.363 e. The zero-order chi connectivity index (χ0) is 19.7. The number of aromatic nitrogens is 2. The van der Waals surface area contributed by atoms with Crippen LogP contribution < -0.4 is 10.2 Å². The second-order valence-electron chi connectivity index (χ2n) is 7.48. The van der Waals surface area contributed by atoms with E-state index in [4.69, 9.17) is 21.6 Å². The fourth-order valence-corrected chi connectivity index (χ4v) is 5.98. The number of nitrogens with zero attached hydrogens (tertiary/aromatic N) is 2. The van der Waals surface area contributed by atoms with E-state index >= 15 is 0 Å². The average Bonchev–Trinajstić information content (AvgIpc) is 3.26. The number of anilines is 1. The standard InChI is InChI=1S/C22H27ClN4S/c1-4-27(5-2)18(15-9-6-7-11-17(15)23)13-24-21-20-16-10-8-12-19(16)28-22(20)26-14(3)25-21/h6-7,9,11,18H,4-5,8,10,12-13H2,1-3H3,(H,24,25,26)/p+1/t18-/m0/s1. The van der Waals surface area contributed by atoms with Crippen LogP contribution in [0.1, 0.15) is 48.1 Å². The molecule has 6 heteroatoms. The molecule has 3 aromatic rings. The van der Waals surface area contributed by atoms with E-state index in [9.17, 15) is 0 Å². The van der Waals surface area contributed by atoms with E-state index in [2.05, 4.69) is 31.3 Å². The number of hydrogen-bond donors (Lipinski definition) is 2. The van der Waals surface area contributed by atoms with Crippen LogP contribution in [0.3, 0.4) is 0 Å². The maximum atomic E-state index is 6.57. The fraction of sp³-hybridized carbons (Fsp3) is 0.455. The lowest BCUT2D eigenvalue weighted by Gasteiger charge is -2.28. The van der Waals surface area contributed by atoms with Crippen LogP contribution in [0.5, 0.6) is 0 Å². The Labute approximate surface area is 176 Å². The molecule has 0 unspecified atom stereocenters. The summed E-state index contributed by atoms with van der Waals surface area (Å²) < 4.78 is 0. The number of rotatable bonds is 7. The van der Waals surface area contributed by atoms with Crippen molar-refractivity contribution in [1.82, 2.24) is 9.97 Å². The van der Waals surface area contributed by atoms with Gasteiger partial charge in [0.1, 0.15) is 22.5 Å². The molecule has 28 heavy (non-hydrogen) atoms. The number of benzene rings is 1. The topological polar surface area (TPSA) is 42.2 Å². The Bertz CT molecular complexity index is 980. The summed E-state index contributed by atoms with van der Waals surface area (Å²) in [5.41, 5.74) is 2.67. The van der Waals surface area contributed by atoms with Crippen molar-refractivity contribution in [3.8, 4) is 0 Å². The van der Waals surface area contributed by atoms with Gasteiger partial charge in [-0.2, -0.15) is 0 Å². The predicted molar refractivity (Wildman–Crippen MR) is 119 cm³/mol. The summed E-state index contributed by atoms with van der Waals surface area (Å²) in [5.74, 6) is 1.82. The summed E-state index contributed by atoms with van der Waals surface area (Å²) in [6, 6.07) is 8.51. The van der Waals surface area contributed by atoms with Crippen molar-refractivity contribution in [2.75, 3.05) is 25.0 Å². The van der Waals surface area contributed by atoms with Crippen LogP contribution in [-0.4, -0.2) is 29.6 Å². The van der Waals surface area contributed by atoms with E-state index in [1.165, 1.54) is 39.1 Å². The maximum absolute atomic E-state index is 6.57. The van der Waals surface area contributed by atoms with Gasteiger partial charge in [0.2, 0.25) is 0 Å². The summed E-state index contributed by atoms with van der Waals surface area (Å²) >= 11 is 8.42. The highest BCUT2D eigenvalue weighted by Gasteiger charge is 2.26. The summed E-state index contributed by atoms with van der Waals surface area (Å²) in [4.78, 5) is 13.6. The van der Waals surface area contributed by atoms with Crippen LogP contribution in [-0.2, 0) is 12.8 Å². The van der Waals surface area contributed by atoms with E-state index in [0.717, 1.165) is 47.6 Å². The smallest absolute Gasteiger partial charge is 0.139 e. The third kappa shape index (κ3) is 3.63. The molecule has 4 rings (SSSR count). The second kappa shape index (κ2) is 8.36. The highest BCUT2D eigenvalue weighted by molar-refractivity contribution is 7.19. The van der Waals surface area contributed by atoms with Gasteiger partial charge < -0.3 is 10.2 Å². The van der Waals surface area contributed by atoms with Crippen LogP contribution >= 0.6 is 22.9 Å². The first kappa shape index (κ1) is 19.6. The molecule has 0 saturated heterocycles. The first-order valence-corrected chi connectivity index (χ1v) is 11.4. The number of fused-ring (bicyclic) bond motifs is 3. The second-order valence-corrected chi connectivity index (χ2v) is 8.97. The van der Waals surface area contributed by atoms with Gasteiger partial charge in [-0.1, -0.05) is 29.8 Å². The minimum atomic E-state index is 0.278. The van der Waals surface area contributed by atoms with Gasteiger partial charge in [0.15, 0.2) is 0 Å². The molecule has 1 aliphatic rings. The predicted octanol–water partition coefficient (Wildman–Crippen LogP) is 4.22. The van der Waals surface area contributed by atoms with Gasteiger partial charge in [-0.15, -0.1) is 11.3 Å². The van der Waals surface area contributed by atoms with Gasteiger partial charge >= 0.3 is 0 Å². The van der Waals surface area contributed by atoms with Crippen molar-refractivity contribution in [2.24, 2.45) is 0 Å². The Morgan fingerprint density at radius 3 is 2.71 bits per heavy atom. The molecule has 2 heterocycles. The fourth-order valence-electron chi connectivity index (χ4n) is 4.40. The van der Waals surface area contributed by atoms with E-state index in [1.54, 1.807) is 0 Å². The molecule has 0 bridgehead atoms. The normalized spacial score (nSPS) is 14.6. The summed E-state index contributed by atoms with van der Waals surface area (Å²) in [6.07, 6.45) is 3.57. The van der Waals surface area contributed by atoms with Crippen LogP contribution in [0.2, 0.25) is 5.02 Å². The number of thiophene rings is 1. The van der Waals surface area contributed by atoms with Crippen molar-refractivity contribution in [1.29, 1.82) is 0 Å². The molecule has 2 N–H and O–H groups in total. The van der Waals surface area contributed by atoms with Crippen molar-refractivity contribution in [3.63, 3.8) is 0 Å². The molecule has 0 radical (unpaired) electrons. The number of aryl methyl sites for hydroxylation is 3. The highest BCUT2D eigenvalue weighted by atomic mass is 35.5. The molecule has 1 aliphatic carbocycles. The zero-order valence-corrected chi connectivity index (χ0v) is 18.4. The van der Waals surface area contributed by atoms with E-state index in [1.807, 2.05) is 30.4 Å². The molecular formula is C22H28ClN4S+. The van der Waals surface area contributed by atoms with Crippen molar-refractivity contribution < 1.29 is 4.90 Å². The third-order valence-corrected chi connectivity index (χ3v) is 7.36. The summed E-state index contributed by atoms with van der Waals surface area (Å²) in [6.45, 7) is 9.37. The summed E-state index contributed by atoms with van der Waals surface area (Å²) in [5, 5.41) is 5.78. The van der Waals surface area contributed by atoms with Gasteiger partial charge in [0.05, 0.1) is 25.0 Å². The van der Waals surface area contributed by atoms with Gasteiger partial charge in [-0.05, 0) is 51.7 Å². The van der Waals surface area contributed by atoms with Gasteiger partial charge in [-0.25, -0.2) is 9.97 Å². The Morgan fingerprint density at radius 1 is 1.18 bits per heavy atom. The van der Waals surface area contributed by atoms with Crippen molar-refractivity contribution in [2.45, 2.75) is 46.1 Å². The average molecular weight is 416 g/mol. The maximum Gasteiger partial charge on any atom is 0.139 e. The Hall–Kier alpha value is -1.69. The molecule has 0 amide bonds. The van der Waals surface area contributed by atoms with Crippen LogP contribution in [0.15, 0.2) is 24.3 Å². The SMILES string of the molecule is CC[NH+](CC)[C@@H](CNc1nc(C)nc2sc3c(c12)CCC3)c1ccccc1Cl. The largest absolute Gasteiger partial charge is 0.363 e. The molecule has 0 aliphatic heterocycles. The first-order valence-electron chi connectivity index (χ1n) is 10.2. The van der Waals surface area contributed by atoms with E-state index in [-0.39, 0.29) is 6.04 Å². The first-order chi connectivity index (χ1) is 13.6. The number of likely N-dealkylation sites (N-methyl/N-ethyl adjacent to an activating group) is 1. The zero-order valence-electron chi connectivity index (χ0n) is 16.8. The molecule has 1 aromatic carbocycles. The van der Waals surface area contributed by atoms with Gasteiger partial charge in [0.25, 0.3) is 0 Å². The van der Waals surface area contributed by atoms with Crippen LogP contribution in [0, 0.1) is 6.92 Å². The quantitative estimate of drug-likeness (QED) is 0.607. The van der Waals surface area contributed by atoms with E-state index in [0.29, 0.717) is 0 Å². The third-order valence-electron chi connectivity index (χ3n) is 5.83.